The zero-order valence-corrected chi connectivity index (χ0v) is 14.4. The highest BCUT2D eigenvalue weighted by atomic mass is 16.5. The highest BCUT2D eigenvalue weighted by Gasteiger charge is 2.25. The first-order valence-corrected chi connectivity index (χ1v) is 8.64. The average Bonchev–Trinajstić information content (AvgIpc) is 2.45. The minimum atomic E-state index is 0.226. The van der Waals surface area contributed by atoms with E-state index in [0.29, 0.717) is 12.1 Å². The van der Waals surface area contributed by atoms with Crippen LogP contribution < -0.4 is 5.32 Å². The quantitative estimate of drug-likeness (QED) is 0.666. The van der Waals surface area contributed by atoms with E-state index < -0.39 is 0 Å². The Morgan fingerprint density at radius 2 is 1.81 bits per heavy atom. The Morgan fingerprint density at radius 1 is 1.14 bits per heavy atom. The first kappa shape index (κ1) is 18.4. The van der Waals surface area contributed by atoms with Gasteiger partial charge in [-0.1, -0.05) is 0 Å². The second-order valence-corrected chi connectivity index (χ2v) is 6.68. The van der Waals surface area contributed by atoms with Crippen LogP contribution in [0.3, 0.4) is 0 Å². The third-order valence-corrected chi connectivity index (χ3v) is 4.20. The van der Waals surface area contributed by atoms with Crippen LogP contribution in [0.25, 0.3) is 0 Å². The Morgan fingerprint density at radius 3 is 2.38 bits per heavy atom. The molecule has 124 valence electrons. The van der Waals surface area contributed by atoms with Crippen molar-refractivity contribution in [1.29, 1.82) is 0 Å². The van der Waals surface area contributed by atoms with E-state index in [2.05, 4.69) is 37.9 Å². The van der Waals surface area contributed by atoms with Crippen molar-refractivity contribution >= 4 is 5.91 Å². The summed E-state index contributed by atoms with van der Waals surface area (Å²) in [5.41, 5.74) is 0. The lowest BCUT2D eigenvalue weighted by atomic mass is 9.95. The molecule has 4 heteroatoms. The van der Waals surface area contributed by atoms with Crippen molar-refractivity contribution in [2.24, 2.45) is 5.92 Å². The van der Waals surface area contributed by atoms with Crippen molar-refractivity contribution in [1.82, 2.24) is 10.2 Å². The number of piperidine rings is 1. The maximum absolute atomic E-state index is 12.1. The van der Waals surface area contributed by atoms with Gasteiger partial charge in [-0.3, -0.25) is 4.79 Å². The molecule has 0 aromatic rings. The Labute approximate surface area is 130 Å². The largest absolute Gasteiger partial charge is 0.379 e. The average molecular weight is 298 g/mol. The van der Waals surface area contributed by atoms with Gasteiger partial charge in [-0.15, -0.1) is 0 Å². The minimum absolute atomic E-state index is 0.226. The Kier molecular flexibility index (Phi) is 8.93. The molecule has 0 spiro atoms. The molecular formula is C17H34N2O2. The summed E-state index contributed by atoms with van der Waals surface area (Å²) in [7, 11) is 0. The number of hydrogen-bond acceptors (Lipinski definition) is 3. The van der Waals surface area contributed by atoms with Crippen molar-refractivity contribution in [2.75, 3.05) is 26.2 Å². The van der Waals surface area contributed by atoms with Crippen molar-refractivity contribution in [3.8, 4) is 0 Å². The summed E-state index contributed by atoms with van der Waals surface area (Å²) in [4.78, 5) is 14.6. The van der Waals surface area contributed by atoms with E-state index in [4.69, 9.17) is 4.74 Å². The number of carbonyl (C=O) groups excluding carboxylic acids is 1. The van der Waals surface area contributed by atoms with Gasteiger partial charge in [-0.2, -0.15) is 0 Å². The third kappa shape index (κ3) is 7.82. The summed E-state index contributed by atoms with van der Waals surface area (Å²) in [6.07, 6.45) is 5.59. The predicted molar refractivity (Wildman–Crippen MR) is 87.4 cm³/mol. The number of amides is 1. The van der Waals surface area contributed by atoms with Crippen LogP contribution in [0.15, 0.2) is 0 Å². The van der Waals surface area contributed by atoms with E-state index in [1.54, 1.807) is 0 Å². The number of hydrogen-bond donors (Lipinski definition) is 1. The van der Waals surface area contributed by atoms with Crippen LogP contribution >= 0.6 is 0 Å². The molecule has 0 aromatic heterocycles. The van der Waals surface area contributed by atoms with Gasteiger partial charge in [0.25, 0.3) is 0 Å². The van der Waals surface area contributed by atoms with Gasteiger partial charge in [0.05, 0.1) is 6.10 Å². The lowest BCUT2D eigenvalue weighted by Crippen LogP contribution is -2.43. The van der Waals surface area contributed by atoms with Gasteiger partial charge in [-0.05, 0) is 72.9 Å². The van der Waals surface area contributed by atoms with Crippen molar-refractivity contribution in [3.05, 3.63) is 0 Å². The maximum Gasteiger partial charge on any atom is 0.223 e. The molecule has 1 aliphatic rings. The normalized spacial score (nSPS) is 17.6. The van der Waals surface area contributed by atoms with E-state index in [1.165, 1.54) is 0 Å². The summed E-state index contributed by atoms with van der Waals surface area (Å²) in [5, 5.41) is 3.10. The molecule has 1 N–H and O–H groups in total. The van der Waals surface area contributed by atoms with Crippen LogP contribution in [0.1, 0.15) is 59.8 Å². The smallest absolute Gasteiger partial charge is 0.223 e. The number of nitrogens with one attached hydrogen (secondary N) is 1. The van der Waals surface area contributed by atoms with Crippen LogP contribution in [-0.4, -0.2) is 49.2 Å². The molecule has 1 fully saturated rings. The molecule has 0 aromatic carbocycles. The number of nitrogens with zero attached hydrogens (tertiary/aromatic N) is 1. The number of unbranched alkanes of at least 4 members (excludes halogenated alkanes) is 2. The molecule has 0 atom stereocenters. The van der Waals surface area contributed by atoms with Crippen molar-refractivity contribution in [3.63, 3.8) is 0 Å². The first-order chi connectivity index (χ1) is 10.0. The zero-order valence-electron chi connectivity index (χ0n) is 14.4. The predicted octanol–water partition coefficient (Wildman–Crippen LogP) is 2.82. The highest BCUT2D eigenvalue weighted by molar-refractivity contribution is 5.78. The van der Waals surface area contributed by atoms with E-state index in [1.807, 2.05) is 0 Å². The summed E-state index contributed by atoms with van der Waals surface area (Å²) in [6.45, 7) is 12.3. The monoisotopic (exact) mass is 298 g/mol. The van der Waals surface area contributed by atoms with Gasteiger partial charge in [0.1, 0.15) is 0 Å². The highest BCUT2D eigenvalue weighted by Crippen LogP contribution is 2.18. The van der Waals surface area contributed by atoms with Gasteiger partial charge in [0.15, 0.2) is 0 Å². The van der Waals surface area contributed by atoms with Gasteiger partial charge in [0, 0.05) is 25.1 Å². The first-order valence-electron chi connectivity index (χ1n) is 8.64. The van der Waals surface area contributed by atoms with Gasteiger partial charge < -0.3 is 15.0 Å². The number of ether oxygens (including phenoxy) is 1. The number of rotatable bonds is 9. The summed E-state index contributed by atoms with van der Waals surface area (Å²) >= 11 is 0. The summed E-state index contributed by atoms with van der Waals surface area (Å²) in [6, 6.07) is 0.599. The van der Waals surface area contributed by atoms with Crippen molar-refractivity contribution < 1.29 is 9.53 Å². The zero-order chi connectivity index (χ0) is 15.7. The molecule has 1 rings (SSSR count). The molecule has 0 bridgehead atoms. The van der Waals surface area contributed by atoms with Gasteiger partial charge in [-0.25, -0.2) is 0 Å². The van der Waals surface area contributed by atoms with Crippen LogP contribution in [0, 0.1) is 5.92 Å². The summed E-state index contributed by atoms with van der Waals surface area (Å²) < 4.78 is 5.50. The molecular weight excluding hydrogens is 264 g/mol. The molecule has 0 saturated carbocycles. The molecule has 0 aliphatic carbocycles. The molecule has 1 heterocycles. The fourth-order valence-corrected chi connectivity index (χ4v) is 2.76. The molecule has 0 radical (unpaired) electrons. The molecule has 1 aliphatic heterocycles. The van der Waals surface area contributed by atoms with E-state index in [0.717, 1.165) is 58.3 Å². The minimum Gasteiger partial charge on any atom is -0.379 e. The van der Waals surface area contributed by atoms with E-state index >= 15 is 0 Å². The Hall–Kier alpha value is -0.610. The fourth-order valence-electron chi connectivity index (χ4n) is 2.76. The van der Waals surface area contributed by atoms with Crippen LogP contribution in [0.4, 0.5) is 0 Å². The van der Waals surface area contributed by atoms with Crippen LogP contribution in [0.2, 0.25) is 0 Å². The van der Waals surface area contributed by atoms with Gasteiger partial charge >= 0.3 is 0 Å². The third-order valence-electron chi connectivity index (χ3n) is 4.20. The lowest BCUT2D eigenvalue weighted by molar-refractivity contribution is -0.126. The molecule has 1 amide bonds. The van der Waals surface area contributed by atoms with E-state index in [-0.39, 0.29) is 11.8 Å². The molecule has 21 heavy (non-hydrogen) atoms. The number of likely N-dealkylation sites (tertiary alicyclic amines) is 1. The second kappa shape index (κ2) is 10.2. The molecule has 4 nitrogen and oxygen atoms in total. The van der Waals surface area contributed by atoms with Crippen LogP contribution in [-0.2, 0) is 9.53 Å². The van der Waals surface area contributed by atoms with Crippen LogP contribution in [0.5, 0.6) is 0 Å². The maximum atomic E-state index is 12.1. The lowest BCUT2D eigenvalue weighted by Gasteiger charge is -2.33. The summed E-state index contributed by atoms with van der Waals surface area (Å²) in [5.74, 6) is 0.487. The molecule has 0 unspecified atom stereocenters. The molecule has 1 saturated heterocycles. The SMILES string of the molecule is CC(C)OCCCCCNC(=O)C1CCN(C(C)C)CC1. The fraction of sp³-hybridized carbons (Fsp3) is 0.941. The second-order valence-electron chi connectivity index (χ2n) is 6.68. The Balaban J connectivity index is 2.02. The Bertz CT molecular complexity index is 285. The van der Waals surface area contributed by atoms with Crippen molar-refractivity contribution in [2.45, 2.75) is 71.9 Å². The van der Waals surface area contributed by atoms with Gasteiger partial charge in [0.2, 0.25) is 5.91 Å². The standard InChI is InChI=1S/C17H34N2O2/c1-14(2)19-11-8-16(9-12-19)17(20)18-10-6-5-7-13-21-15(3)4/h14-16H,5-13H2,1-4H3,(H,18,20). The van der Waals surface area contributed by atoms with E-state index in [9.17, 15) is 4.79 Å². The topological polar surface area (TPSA) is 41.6 Å². The number of carbonyl (C=O) groups is 1.